The Balaban J connectivity index is 2.69. The SMILES string of the molecule is C=CCNC(=O)NCc1cc(OCNC)cc(OCNC)c1. The van der Waals surface area contributed by atoms with Gasteiger partial charge in [-0.25, -0.2) is 4.79 Å². The molecule has 0 aromatic heterocycles. The first-order valence-corrected chi connectivity index (χ1v) is 7.01. The minimum absolute atomic E-state index is 0.251. The van der Waals surface area contributed by atoms with Crippen LogP contribution < -0.4 is 30.7 Å². The Morgan fingerprint density at radius 1 is 1.09 bits per heavy atom. The molecule has 0 spiro atoms. The maximum absolute atomic E-state index is 11.5. The van der Waals surface area contributed by atoms with Gasteiger partial charge in [0.05, 0.1) is 0 Å². The molecular formula is C15H24N4O3. The van der Waals surface area contributed by atoms with Gasteiger partial charge in [-0.3, -0.25) is 10.6 Å². The maximum atomic E-state index is 11.5. The molecule has 2 amide bonds. The highest BCUT2D eigenvalue weighted by atomic mass is 16.5. The van der Waals surface area contributed by atoms with Crippen LogP contribution in [0.15, 0.2) is 30.9 Å². The smallest absolute Gasteiger partial charge is 0.315 e. The number of carbonyl (C=O) groups is 1. The third kappa shape index (κ3) is 6.96. The molecule has 0 saturated heterocycles. The van der Waals surface area contributed by atoms with E-state index in [-0.39, 0.29) is 6.03 Å². The first-order chi connectivity index (χ1) is 10.7. The number of carbonyl (C=O) groups excluding carboxylic acids is 1. The van der Waals surface area contributed by atoms with Crippen LogP contribution in [-0.4, -0.2) is 40.1 Å². The van der Waals surface area contributed by atoms with Gasteiger partial charge in [0.25, 0.3) is 0 Å². The fourth-order valence-electron chi connectivity index (χ4n) is 1.62. The topological polar surface area (TPSA) is 83.7 Å². The molecule has 0 radical (unpaired) electrons. The monoisotopic (exact) mass is 308 g/mol. The standard InChI is InChI=1S/C15H24N4O3/c1-4-5-18-15(20)19-9-12-6-13(21-10-16-2)8-14(7-12)22-11-17-3/h4,6-8,16-17H,1,5,9-11H2,2-3H3,(H2,18,19,20). The molecule has 122 valence electrons. The third-order valence-electron chi connectivity index (χ3n) is 2.57. The Morgan fingerprint density at radius 2 is 1.68 bits per heavy atom. The highest BCUT2D eigenvalue weighted by molar-refractivity contribution is 5.73. The Morgan fingerprint density at radius 3 is 2.18 bits per heavy atom. The van der Waals surface area contributed by atoms with Crippen molar-refractivity contribution >= 4 is 6.03 Å². The Labute approximate surface area is 131 Å². The van der Waals surface area contributed by atoms with Gasteiger partial charge in [0.1, 0.15) is 25.0 Å². The molecule has 1 aromatic carbocycles. The quantitative estimate of drug-likeness (QED) is 0.379. The average Bonchev–Trinajstić information content (AvgIpc) is 2.54. The van der Waals surface area contributed by atoms with Crippen molar-refractivity contribution in [2.75, 3.05) is 34.1 Å². The number of hydrogen-bond acceptors (Lipinski definition) is 5. The van der Waals surface area contributed by atoms with E-state index in [0.717, 1.165) is 5.56 Å². The normalized spacial score (nSPS) is 9.91. The molecule has 1 aromatic rings. The number of hydrogen-bond donors (Lipinski definition) is 4. The molecule has 22 heavy (non-hydrogen) atoms. The Hall–Kier alpha value is -2.25. The molecule has 0 bridgehead atoms. The lowest BCUT2D eigenvalue weighted by Crippen LogP contribution is -2.34. The van der Waals surface area contributed by atoms with Crippen molar-refractivity contribution in [2.45, 2.75) is 6.54 Å². The first kappa shape index (κ1) is 17.8. The lowest BCUT2D eigenvalue weighted by molar-refractivity contribution is 0.241. The van der Waals surface area contributed by atoms with Crippen LogP contribution >= 0.6 is 0 Å². The Kier molecular flexibility index (Phi) is 8.47. The van der Waals surface area contributed by atoms with Gasteiger partial charge in [0.15, 0.2) is 0 Å². The summed E-state index contributed by atoms with van der Waals surface area (Å²) in [7, 11) is 3.60. The van der Waals surface area contributed by atoms with Crippen LogP contribution in [0.3, 0.4) is 0 Å². The van der Waals surface area contributed by atoms with Crippen LogP contribution in [0.25, 0.3) is 0 Å². The van der Waals surface area contributed by atoms with E-state index in [2.05, 4.69) is 27.8 Å². The second kappa shape index (κ2) is 10.5. The molecule has 1 rings (SSSR count). The van der Waals surface area contributed by atoms with Crippen LogP contribution in [0.2, 0.25) is 0 Å². The van der Waals surface area contributed by atoms with Gasteiger partial charge in [-0.15, -0.1) is 6.58 Å². The first-order valence-electron chi connectivity index (χ1n) is 7.01. The lowest BCUT2D eigenvalue weighted by Gasteiger charge is -2.12. The summed E-state index contributed by atoms with van der Waals surface area (Å²) in [6.45, 7) is 5.12. The fraction of sp³-hybridized carbons (Fsp3) is 0.400. The van der Waals surface area contributed by atoms with E-state index in [9.17, 15) is 4.79 Å². The van der Waals surface area contributed by atoms with E-state index in [1.807, 2.05) is 12.1 Å². The largest absolute Gasteiger partial charge is 0.478 e. The highest BCUT2D eigenvalue weighted by Gasteiger charge is 2.05. The van der Waals surface area contributed by atoms with E-state index in [1.165, 1.54) is 0 Å². The molecule has 0 unspecified atom stereocenters. The van der Waals surface area contributed by atoms with Crippen LogP contribution in [0.4, 0.5) is 4.79 Å². The van der Waals surface area contributed by atoms with Gasteiger partial charge in [0, 0.05) is 19.2 Å². The predicted molar refractivity (Wildman–Crippen MR) is 86.0 cm³/mol. The zero-order valence-electron chi connectivity index (χ0n) is 13.1. The number of amides is 2. The molecule has 0 heterocycles. The zero-order chi connectivity index (χ0) is 16.2. The third-order valence-corrected chi connectivity index (χ3v) is 2.57. The van der Waals surface area contributed by atoms with Crippen LogP contribution in [0.1, 0.15) is 5.56 Å². The van der Waals surface area contributed by atoms with Crippen molar-refractivity contribution in [3.05, 3.63) is 36.4 Å². The van der Waals surface area contributed by atoms with Crippen molar-refractivity contribution in [3.8, 4) is 11.5 Å². The average molecular weight is 308 g/mol. The van der Waals surface area contributed by atoms with Crippen LogP contribution in [0.5, 0.6) is 11.5 Å². The molecule has 0 aliphatic rings. The van der Waals surface area contributed by atoms with Gasteiger partial charge in [-0.1, -0.05) is 6.08 Å². The second-order valence-corrected chi connectivity index (χ2v) is 4.45. The van der Waals surface area contributed by atoms with Crippen LogP contribution in [0, 0.1) is 0 Å². The van der Waals surface area contributed by atoms with E-state index >= 15 is 0 Å². The van der Waals surface area contributed by atoms with Gasteiger partial charge in [0.2, 0.25) is 0 Å². The van der Waals surface area contributed by atoms with Crippen LogP contribution in [-0.2, 0) is 6.54 Å². The summed E-state index contributed by atoms with van der Waals surface area (Å²) < 4.78 is 11.1. The van der Waals surface area contributed by atoms with E-state index in [1.54, 1.807) is 26.2 Å². The molecular weight excluding hydrogens is 284 g/mol. The summed E-state index contributed by atoms with van der Waals surface area (Å²) in [6.07, 6.45) is 1.62. The molecule has 0 saturated carbocycles. The molecule has 0 atom stereocenters. The van der Waals surface area contributed by atoms with E-state index in [0.29, 0.717) is 38.1 Å². The van der Waals surface area contributed by atoms with E-state index in [4.69, 9.17) is 9.47 Å². The minimum Gasteiger partial charge on any atom is -0.478 e. The van der Waals surface area contributed by atoms with Crippen molar-refractivity contribution in [1.29, 1.82) is 0 Å². The molecule has 4 N–H and O–H groups in total. The molecule has 7 nitrogen and oxygen atoms in total. The number of ether oxygens (including phenoxy) is 2. The summed E-state index contributed by atoms with van der Waals surface area (Å²) in [4.78, 5) is 11.5. The molecule has 0 aliphatic carbocycles. The van der Waals surface area contributed by atoms with E-state index < -0.39 is 0 Å². The van der Waals surface area contributed by atoms with Crippen molar-refractivity contribution in [1.82, 2.24) is 21.3 Å². The highest BCUT2D eigenvalue weighted by Crippen LogP contribution is 2.22. The number of urea groups is 1. The molecule has 0 aliphatic heterocycles. The summed E-state index contributed by atoms with van der Waals surface area (Å²) in [5, 5.41) is 11.2. The fourth-order valence-corrected chi connectivity index (χ4v) is 1.62. The van der Waals surface area contributed by atoms with Crippen molar-refractivity contribution < 1.29 is 14.3 Å². The second-order valence-electron chi connectivity index (χ2n) is 4.45. The summed E-state index contributed by atoms with van der Waals surface area (Å²) >= 11 is 0. The zero-order valence-corrected chi connectivity index (χ0v) is 13.1. The van der Waals surface area contributed by atoms with Gasteiger partial charge < -0.3 is 20.1 Å². The van der Waals surface area contributed by atoms with Gasteiger partial charge >= 0.3 is 6.03 Å². The van der Waals surface area contributed by atoms with Gasteiger partial charge in [-0.05, 0) is 31.8 Å². The Bertz CT molecular complexity index is 454. The predicted octanol–water partition coefficient (Wildman–Crippen LogP) is 0.783. The number of nitrogens with one attached hydrogen (secondary N) is 4. The molecule has 0 fully saturated rings. The van der Waals surface area contributed by atoms with Gasteiger partial charge in [-0.2, -0.15) is 0 Å². The summed E-state index contributed by atoms with van der Waals surface area (Å²) in [5.41, 5.74) is 0.883. The minimum atomic E-state index is -0.251. The lowest BCUT2D eigenvalue weighted by atomic mass is 10.2. The number of benzene rings is 1. The summed E-state index contributed by atoms with van der Waals surface area (Å²) in [5.74, 6) is 1.34. The number of rotatable bonds is 10. The molecule has 7 heteroatoms. The van der Waals surface area contributed by atoms with Crippen molar-refractivity contribution in [3.63, 3.8) is 0 Å². The maximum Gasteiger partial charge on any atom is 0.315 e. The van der Waals surface area contributed by atoms with Crippen molar-refractivity contribution in [2.24, 2.45) is 0 Å². The summed E-state index contributed by atoms with van der Waals surface area (Å²) in [6, 6.07) is 5.27.